The van der Waals surface area contributed by atoms with Gasteiger partial charge in [-0.05, 0) is 57.4 Å². The molecule has 2 saturated heterocycles. The van der Waals surface area contributed by atoms with Crippen molar-refractivity contribution in [2.24, 2.45) is 17.8 Å². The smallest absolute Gasteiger partial charge is 0.358 e. The second-order valence-electron chi connectivity index (χ2n) is 14.5. The summed E-state index contributed by atoms with van der Waals surface area (Å²) in [6.45, 7) is 16.4. The molecule has 0 spiro atoms. The van der Waals surface area contributed by atoms with Gasteiger partial charge in [0.25, 0.3) is 17.6 Å². The predicted octanol–water partition coefficient (Wildman–Crippen LogP) is 0.995. The average molecular weight is 720 g/mol. The number of nitrogens with one attached hydrogen (secondary N) is 2. The normalized spacial score (nSPS) is 32.6. The van der Waals surface area contributed by atoms with Crippen molar-refractivity contribution in [1.29, 1.82) is 0 Å². The molecule has 0 bridgehead atoms. The van der Waals surface area contributed by atoms with Gasteiger partial charge in [0.15, 0.2) is 0 Å². The lowest BCUT2D eigenvalue weighted by molar-refractivity contribution is -0.501. The lowest BCUT2D eigenvalue weighted by Crippen LogP contribution is -2.80. The topological polar surface area (TPSA) is 202 Å². The van der Waals surface area contributed by atoms with Gasteiger partial charge in [-0.1, -0.05) is 65.0 Å². The second kappa shape index (κ2) is 15.6. The molecule has 8 atom stereocenters. The Morgan fingerprint density at radius 1 is 1.06 bits per heavy atom. The summed E-state index contributed by atoms with van der Waals surface area (Å²) >= 11 is 0. The Bertz CT molecular complexity index is 1280. The molecule has 2 aliphatic heterocycles. The molecule has 50 heavy (non-hydrogen) atoms. The molecule has 1 saturated carbocycles. The summed E-state index contributed by atoms with van der Waals surface area (Å²) in [5.74, 6) is -24.7. The molecule has 8 unspecified atom stereocenters. The van der Waals surface area contributed by atoms with Crippen molar-refractivity contribution in [3.05, 3.63) is 35.9 Å². The quantitative estimate of drug-likeness (QED) is 0.116. The molecule has 0 aromatic heterocycles. The largest absolute Gasteiger partial charge is 0.361 e. The van der Waals surface area contributed by atoms with Crippen LogP contribution >= 0.6 is 0 Å². The van der Waals surface area contributed by atoms with E-state index >= 15 is 0 Å². The lowest BCUT2D eigenvalue weighted by atomic mass is 9.72. The van der Waals surface area contributed by atoms with Gasteiger partial charge in [0.1, 0.15) is 5.92 Å². The van der Waals surface area contributed by atoms with Crippen LogP contribution in [0.3, 0.4) is 0 Å². The standard InChI is InChI=1S/C32H53F2N5O9.C2H6/c1-18(2)26-35-37(7)22(6)38(26)20(4)16-24-15-19(3)21(5)39(24)29(43,14-13-23-11-9-8-10-12-23)48-36-27(40)25-17-28(41,42)31(33,34)32(46,47)30(25,44)45;1-2/h8-12,18-22,24-26,35,41-47H,13-17H2,1-7H3,(H,36,40);1-2H3. The molecular weight excluding hydrogens is 660 g/mol. The summed E-state index contributed by atoms with van der Waals surface area (Å²) in [6, 6.07) is 8.62. The number of carbonyl (C=O) groups excluding carboxylic acids is 1. The van der Waals surface area contributed by atoms with E-state index in [1.807, 2.05) is 70.6 Å². The van der Waals surface area contributed by atoms with Crippen LogP contribution in [0.5, 0.6) is 0 Å². The molecule has 9 N–H and O–H groups in total. The van der Waals surface area contributed by atoms with Crippen molar-refractivity contribution in [2.75, 3.05) is 7.05 Å². The summed E-state index contributed by atoms with van der Waals surface area (Å²) in [5, 5.41) is 74.9. The Labute approximate surface area is 293 Å². The number of amides is 1. The highest BCUT2D eigenvalue weighted by Crippen LogP contribution is 2.52. The van der Waals surface area contributed by atoms with Gasteiger partial charge in [-0.15, -0.1) is 0 Å². The summed E-state index contributed by atoms with van der Waals surface area (Å²) < 4.78 is 28.9. The molecule has 1 aliphatic carbocycles. The number of nitrogens with zero attached hydrogens (tertiary/aromatic N) is 3. The maximum atomic E-state index is 14.4. The molecule has 288 valence electrons. The second-order valence-corrected chi connectivity index (χ2v) is 14.5. The number of hydrogen-bond acceptors (Lipinski definition) is 13. The minimum atomic E-state index is -5.27. The fourth-order valence-electron chi connectivity index (χ4n) is 7.60. The summed E-state index contributed by atoms with van der Waals surface area (Å²) in [7, 11) is 1.98. The first-order valence-electron chi connectivity index (χ1n) is 17.5. The minimum absolute atomic E-state index is 0.0144. The number of carbonyl (C=O) groups is 1. The zero-order valence-electron chi connectivity index (χ0n) is 30.6. The summed E-state index contributed by atoms with van der Waals surface area (Å²) in [6.07, 6.45) is -0.153. The van der Waals surface area contributed by atoms with Gasteiger partial charge in [0.2, 0.25) is 11.6 Å². The van der Waals surface area contributed by atoms with Gasteiger partial charge in [-0.25, -0.2) is 25.7 Å². The first-order chi connectivity index (χ1) is 23.0. The zero-order valence-corrected chi connectivity index (χ0v) is 30.6. The van der Waals surface area contributed by atoms with Crippen molar-refractivity contribution in [1.82, 2.24) is 25.7 Å². The third-order valence-electron chi connectivity index (χ3n) is 10.7. The molecule has 2 heterocycles. The number of hydroxylamine groups is 1. The monoisotopic (exact) mass is 719 g/mol. The number of hydrazine groups is 1. The van der Waals surface area contributed by atoms with Gasteiger partial charge in [-0.3, -0.25) is 9.69 Å². The van der Waals surface area contributed by atoms with Crippen LogP contribution < -0.4 is 10.9 Å². The Hall–Kier alpha value is -1.93. The van der Waals surface area contributed by atoms with Crippen molar-refractivity contribution in [3.63, 3.8) is 0 Å². The van der Waals surface area contributed by atoms with Gasteiger partial charge < -0.3 is 35.7 Å². The molecule has 3 aliphatic rings. The van der Waals surface area contributed by atoms with Crippen molar-refractivity contribution in [3.8, 4) is 0 Å². The molecular formula is C34H59F2N5O9. The van der Waals surface area contributed by atoms with E-state index in [9.17, 15) is 49.3 Å². The van der Waals surface area contributed by atoms with Crippen LogP contribution in [0, 0.1) is 17.8 Å². The number of aliphatic hydroxyl groups is 7. The highest BCUT2D eigenvalue weighted by atomic mass is 19.3. The van der Waals surface area contributed by atoms with Gasteiger partial charge in [0.05, 0.1) is 12.3 Å². The number of aryl methyl sites for hydroxylation is 1. The van der Waals surface area contributed by atoms with E-state index in [1.165, 1.54) is 0 Å². The molecule has 14 nitrogen and oxygen atoms in total. The van der Waals surface area contributed by atoms with Crippen LogP contribution in [-0.2, 0) is 16.1 Å². The average Bonchev–Trinajstić information content (AvgIpc) is 3.51. The SMILES string of the molecule is CC.CC(C)C1NN(C)C(C)N1C(C)CC1CC(C)C(C)N1C(O)(CCc1ccccc1)ONC(=O)C1CC(O)(O)C(F)(F)C(O)(O)C1(O)O. The number of halogens is 2. The fraction of sp³-hybridized carbons (Fsp3) is 0.794. The van der Waals surface area contributed by atoms with Gasteiger partial charge >= 0.3 is 5.92 Å². The van der Waals surface area contributed by atoms with E-state index in [2.05, 4.69) is 43.0 Å². The molecule has 0 radical (unpaired) electrons. The predicted molar refractivity (Wildman–Crippen MR) is 179 cm³/mol. The highest BCUT2D eigenvalue weighted by Gasteiger charge is 2.80. The maximum Gasteiger partial charge on any atom is 0.358 e. The number of benzene rings is 1. The number of alkyl halides is 2. The minimum Gasteiger partial charge on any atom is -0.361 e. The maximum absolute atomic E-state index is 14.4. The van der Waals surface area contributed by atoms with Crippen molar-refractivity contribution >= 4 is 5.91 Å². The fourth-order valence-corrected chi connectivity index (χ4v) is 7.60. The third-order valence-corrected chi connectivity index (χ3v) is 10.7. The van der Waals surface area contributed by atoms with Crippen LogP contribution in [0.4, 0.5) is 8.78 Å². The molecule has 1 aromatic carbocycles. The summed E-state index contributed by atoms with van der Waals surface area (Å²) in [5.41, 5.74) is 6.24. The number of hydrogen-bond donors (Lipinski definition) is 9. The lowest BCUT2D eigenvalue weighted by Gasteiger charge is -2.52. The number of rotatable bonds is 11. The molecule has 4 rings (SSSR count). The highest BCUT2D eigenvalue weighted by molar-refractivity contribution is 5.79. The molecule has 1 amide bonds. The first kappa shape index (κ1) is 42.5. The van der Waals surface area contributed by atoms with E-state index in [-0.39, 0.29) is 55.1 Å². The zero-order chi connectivity index (χ0) is 38.2. The van der Waals surface area contributed by atoms with Gasteiger partial charge in [0, 0.05) is 38.0 Å². The Kier molecular flexibility index (Phi) is 13.2. The molecule has 3 fully saturated rings. The van der Waals surface area contributed by atoms with E-state index in [1.54, 1.807) is 4.90 Å². The Morgan fingerprint density at radius 3 is 2.20 bits per heavy atom. The van der Waals surface area contributed by atoms with Crippen LogP contribution in [0.2, 0.25) is 0 Å². The Balaban J connectivity index is 0.00000332. The summed E-state index contributed by atoms with van der Waals surface area (Å²) in [4.78, 5) is 23.1. The third kappa shape index (κ3) is 7.72. The van der Waals surface area contributed by atoms with E-state index in [4.69, 9.17) is 4.84 Å². The first-order valence-corrected chi connectivity index (χ1v) is 17.5. The number of likely N-dealkylation sites (tertiary alicyclic amines) is 1. The van der Waals surface area contributed by atoms with E-state index in [0.29, 0.717) is 12.8 Å². The van der Waals surface area contributed by atoms with Crippen molar-refractivity contribution in [2.45, 2.75) is 147 Å². The van der Waals surface area contributed by atoms with Crippen LogP contribution in [0.15, 0.2) is 30.3 Å². The Morgan fingerprint density at radius 2 is 1.64 bits per heavy atom. The van der Waals surface area contributed by atoms with E-state index < -0.39 is 47.4 Å². The van der Waals surface area contributed by atoms with Crippen molar-refractivity contribution < 1.29 is 54.2 Å². The van der Waals surface area contributed by atoms with E-state index in [0.717, 1.165) is 5.56 Å². The van der Waals surface area contributed by atoms with Crippen LogP contribution in [0.1, 0.15) is 86.6 Å². The van der Waals surface area contributed by atoms with Crippen LogP contribution in [-0.4, -0.2) is 123 Å². The van der Waals surface area contributed by atoms with Crippen LogP contribution in [0.25, 0.3) is 0 Å². The molecule has 1 aromatic rings. The van der Waals surface area contributed by atoms with Gasteiger partial charge in [-0.2, -0.15) is 8.78 Å². The molecule has 16 heteroatoms.